The van der Waals surface area contributed by atoms with E-state index in [2.05, 4.69) is 71.2 Å². The van der Waals surface area contributed by atoms with Crippen LogP contribution in [0.3, 0.4) is 0 Å². The van der Waals surface area contributed by atoms with Crippen molar-refractivity contribution in [1.29, 1.82) is 0 Å². The summed E-state index contributed by atoms with van der Waals surface area (Å²) in [5.74, 6) is 2.94. The summed E-state index contributed by atoms with van der Waals surface area (Å²) in [7, 11) is 1.91. The third-order valence-electron chi connectivity index (χ3n) is 5.77. The molecule has 144 valence electrons. The first-order valence-corrected chi connectivity index (χ1v) is 10.9. The maximum absolute atomic E-state index is 5.66. The lowest BCUT2D eigenvalue weighted by molar-refractivity contribution is 0.0511. The van der Waals surface area contributed by atoms with Gasteiger partial charge in [0.15, 0.2) is 5.96 Å². The minimum Gasteiger partial charge on any atom is -0.381 e. The predicted octanol–water partition coefficient (Wildman–Crippen LogP) is 3.38. The first kappa shape index (κ1) is 19.6. The number of nitrogens with one attached hydrogen (secondary N) is 1. The number of ether oxygens (including phenoxy) is 1. The molecular formula is C21H33N3OS. The van der Waals surface area contributed by atoms with Gasteiger partial charge in [-0.25, -0.2) is 0 Å². The van der Waals surface area contributed by atoms with Crippen molar-refractivity contribution in [2.24, 2.45) is 10.9 Å². The van der Waals surface area contributed by atoms with Gasteiger partial charge in [-0.15, -0.1) is 0 Å². The van der Waals surface area contributed by atoms with Gasteiger partial charge in [-0.05, 0) is 24.3 Å². The minimum atomic E-state index is 0.136. The van der Waals surface area contributed by atoms with Gasteiger partial charge in [0, 0.05) is 56.3 Å². The number of thioether (sulfide) groups is 1. The quantitative estimate of drug-likeness (QED) is 0.647. The van der Waals surface area contributed by atoms with Crippen LogP contribution in [0.2, 0.25) is 0 Å². The average molecular weight is 376 g/mol. The monoisotopic (exact) mass is 375 g/mol. The Morgan fingerprint density at radius 3 is 2.69 bits per heavy atom. The zero-order valence-electron chi connectivity index (χ0n) is 16.4. The molecule has 1 aromatic carbocycles. The van der Waals surface area contributed by atoms with Crippen LogP contribution in [-0.2, 0) is 10.2 Å². The Bertz CT molecular complexity index is 584. The van der Waals surface area contributed by atoms with Gasteiger partial charge in [-0.3, -0.25) is 4.99 Å². The van der Waals surface area contributed by atoms with Crippen molar-refractivity contribution in [3.8, 4) is 0 Å². The molecule has 5 heteroatoms. The van der Waals surface area contributed by atoms with E-state index in [-0.39, 0.29) is 5.41 Å². The summed E-state index contributed by atoms with van der Waals surface area (Å²) in [5.41, 5.74) is 1.55. The number of hydrogen-bond acceptors (Lipinski definition) is 3. The third-order valence-corrected chi connectivity index (χ3v) is 7.31. The van der Waals surface area contributed by atoms with Gasteiger partial charge in [0.05, 0.1) is 0 Å². The van der Waals surface area contributed by atoms with Gasteiger partial charge < -0.3 is 15.0 Å². The highest BCUT2D eigenvalue weighted by molar-refractivity contribution is 8.00. The third kappa shape index (κ3) is 4.55. The van der Waals surface area contributed by atoms with E-state index in [1.807, 2.05) is 7.05 Å². The van der Waals surface area contributed by atoms with Gasteiger partial charge in [0.25, 0.3) is 0 Å². The molecule has 2 fully saturated rings. The highest BCUT2D eigenvalue weighted by atomic mass is 32.2. The Morgan fingerprint density at radius 1 is 1.31 bits per heavy atom. The van der Waals surface area contributed by atoms with Crippen LogP contribution in [0.4, 0.5) is 0 Å². The molecule has 0 saturated carbocycles. The maximum atomic E-state index is 5.66. The van der Waals surface area contributed by atoms with E-state index >= 15 is 0 Å². The zero-order chi connectivity index (χ0) is 18.4. The number of nitrogens with zero attached hydrogens (tertiary/aromatic N) is 2. The molecule has 3 rings (SSSR count). The van der Waals surface area contributed by atoms with Crippen molar-refractivity contribution in [2.75, 3.05) is 45.6 Å². The molecule has 1 atom stereocenters. The molecule has 4 nitrogen and oxygen atoms in total. The molecule has 1 aromatic rings. The Hall–Kier alpha value is -1.20. The number of rotatable bonds is 4. The van der Waals surface area contributed by atoms with E-state index in [0.717, 1.165) is 51.6 Å². The van der Waals surface area contributed by atoms with Gasteiger partial charge in [-0.2, -0.15) is 11.8 Å². The summed E-state index contributed by atoms with van der Waals surface area (Å²) >= 11 is 2.10. The average Bonchev–Trinajstić information content (AvgIpc) is 2.70. The molecule has 0 radical (unpaired) electrons. The van der Waals surface area contributed by atoms with Gasteiger partial charge >= 0.3 is 0 Å². The van der Waals surface area contributed by atoms with Crippen LogP contribution >= 0.6 is 11.8 Å². The smallest absolute Gasteiger partial charge is 0.193 e. The van der Waals surface area contributed by atoms with Crippen molar-refractivity contribution >= 4 is 17.7 Å². The molecule has 0 aliphatic carbocycles. The highest BCUT2D eigenvalue weighted by Gasteiger charge is 2.35. The number of benzene rings is 1. The normalized spacial score (nSPS) is 23.9. The molecule has 1 N–H and O–H groups in total. The number of aliphatic imine (C=N–C) groups is 1. The molecule has 0 spiro atoms. The largest absolute Gasteiger partial charge is 0.381 e. The fraction of sp³-hybridized carbons (Fsp3) is 0.667. The van der Waals surface area contributed by atoms with E-state index in [9.17, 15) is 0 Å². The van der Waals surface area contributed by atoms with Gasteiger partial charge in [-0.1, -0.05) is 44.2 Å². The van der Waals surface area contributed by atoms with Crippen LogP contribution in [0.5, 0.6) is 0 Å². The topological polar surface area (TPSA) is 36.9 Å². The van der Waals surface area contributed by atoms with Crippen LogP contribution in [-0.4, -0.2) is 61.8 Å². The lowest BCUT2D eigenvalue weighted by atomic mass is 9.74. The summed E-state index contributed by atoms with van der Waals surface area (Å²) in [6.07, 6.45) is 2.12. The van der Waals surface area contributed by atoms with Crippen LogP contribution in [0.25, 0.3) is 0 Å². The first-order chi connectivity index (χ1) is 12.6. The molecule has 26 heavy (non-hydrogen) atoms. The molecular weight excluding hydrogens is 342 g/mol. The summed E-state index contributed by atoms with van der Waals surface area (Å²) in [6, 6.07) is 10.9. The fourth-order valence-electron chi connectivity index (χ4n) is 3.97. The van der Waals surface area contributed by atoms with Gasteiger partial charge in [0.1, 0.15) is 0 Å². The van der Waals surface area contributed by atoms with Crippen molar-refractivity contribution < 1.29 is 4.74 Å². The predicted molar refractivity (Wildman–Crippen MR) is 112 cm³/mol. The second kappa shape index (κ2) is 9.14. The lowest BCUT2D eigenvalue weighted by Gasteiger charge is -2.40. The molecule has 2 heterocycles. The van der Waals surface area contributed by atoms with Crippen LogP contribution in [0.1, 0.15) is 32.3 Å². The Morgan fingerprint density at radius 2 is 2.04 bits per heavy atom. The summed E-state index contributed by atoms with van der Waals surface area (Å²) in [4.78, 5) is 7.05. The summed E-state index contributed by atoms with van der Waals surface area (Å²) in [6.45, 7) is 9.41. The van der Waals surface area contributed by atoms with E-state index in [1.54, 1.807) is 0 Å². The SMILES string of the molecule is CN=C(NCC1(c2ccccc2)CCOCC1)N1CCSC(C(C)C)C1. The molecule has 2 aliphatic rings. The lowest BCUT2D eigenvalue weighted by Crippen LogP contribution is -2.52. The fourth-order valence-corrected chi connectivity index (χ4v) is 5.27. The Labute approximate surface area is 162 Å². The van der Waals surface area contributed by atoms with Crippen molar-refractivity contribution in [1.82, 2.24) is 10.2 Å². The molecule has 0 amide bonds. The van der Waals surface area contributed by atoms with Crippen molar-refractivity contribution in [2.45, 2.75) is 37.4 Å². The summed E-state index contributed by atoms with van der Waals surface area (Å²) < 4.78 is 5.66. The Kier molecular flexibility index (Phi) is 6.87. The van der Waals surface area contributed by atoms with Crippen LogP contribution in [0.15, 0.2) is 35.3 Å². The molecule has 0 bridgehead atoms. The molecule has 0 aromatic heterocycles. The van der Waals surface area contributed by atoms with E-state index < -0.39 is 0 Å². The minimum absolute atomic E-state index is 0.136. The van der Waals surface area contributed by atoms with E-state index in [4.69, 9.17) is 4.74 Å². The zero-order valence-corrected chi connectivity index (χ0v) is 17.2. The molecule has 2 aliphatic heterocycles. The Balaban J connectivity index is 1.69. The number of hydrogen-bond donors (Lipinski definition) is 1. The second-order valence-corrected chi connectivity index (χ2v) is 9.11. The molecule has 2 saturated heterocycles. The standard InChI is InChI=1S/C21H33N3OS/c1-17(2)19-15-24(11-14-26-19)20(22-3)23-16-21(9-12-25-13-10-21)18-7-5-4-6-8-18/h4-8,17,19H,9-16H2,1-3H3,(H,22,23). The van der Waals surface area contributed by atoms with Gasteiger partial charge in [0.2, 0.25) is 0 Å². The second-order valence-electron chi connectivity index (χ2n) is 7.76. The first-order valence-electron chi connectivity index (χ1n) is 9.85. The summed E-state index contributed by atoms with van der Waals surface area (Å²) in [5, 5.41) is 4.41. The van der Waals surface area contributed by atoms with E-state index in [1.165, 1.54) is 11.3 Å². The van der Waals surface area contributed by atoms with Crippen LogP contribution in [0, 0.1) is 5.92 Å². The maximum Gasteiger partial charge on any atom is 0.193 e. The molecule has 1 unspecified atom stereocenters. The van der Waals surface area contributed by atoms with Crippen molar-refractivity contribution in [3.63, 3.8) is 0 Å². The van der Waals surface area contributed by atoms with Crippen molar-refractivity contribution in [3.05, 3.63) is 35.9 Å². The highest BCUT2D eigenvalue weighted by Crippen LogP contribution is 2.34. The number of guanidine groups is 1. The van der Waals surface area contributed by atoms with E-state index in [0.29, 0.717) is 11.2 Å². The van der Waals surface area contributed by atoms with Crippen LogP contribution < -0.4 is 5.32 Å².